The van der Waals surface area contributed by atoms with Gasteiger partial charge < -0.3 is 19.4 Å². The molecule has 2 aliphatic heterocycles. The number of nitrogens with zero attached hydrogens (tertiary/aromatic N) is 4. The lowest BCUT2D eigenvalue weighted by molar-refractivity contribution is 0.0195. The molecule has 3 heterocycles. The van der Waals surface area contributed by atoms with Gasteiger partial charge in [0.2, 0.25) is 0 Å². The normalized spacial score (nSPS) is 22.0. The molecule has 2 unspecified atom stereocenters. The zero-order valence-electron chi connectivity index (χ0n) is 18.2. The van der Waals surface area contributed by atoms with E-state index in [-0.39, 0.29) is 30.0 Å². The predicted molar refractivity (Wildman–Crippen MR) is 128 cm³/mol. The Bertz CT molecular complexity index is 588. The molecule has 3 rings (SSSR count). The maximum atomic E-state index is 5.73. The maximum Gasteiger partial charge on any atom is 0.194 e. The summed E-state index contributed by atoms with van der Waals surface area (Å²) >= 11 is 0. The van der Waals surface area contributed by atoms with Gasteiger partial charge in [-0.2, -0.15) is 0 Å². The average Bonchev–Trinajstić information content (AvgIpc) is 3.43. The first-order valence-corrected chi connectivity index (χ1v) is 10.9. The molecule has 166 valence electrons. The van der Waals surface area contributed by atoms with E-state index in [0.29, 0.717) is 12.6 Å². The Hall–Kier alpha value is -0.840. The number of nitrogens with one attached hydrogen (secondary N) is 1. The van der Waals surface area contributed by atoms with E-state index in [1.165, 1.54) is 6.42 Å². The fourth-order valence-electron chi connectivity index (χ4n) is 4.30. The van der Waals surface area contributed by atoms with Crippen molar-refractivity contribution in [2.45, 2.75) is 39.3 Å². The third-order valence-corrected chi connectivity index (χ3v) is 5.90. The Kier molecular flexibility index (Phi) is 10.8. The molecule has 29 heavy (non-hydrogen) atoms. The summed E-state index contributed by atoms with van der Waals surface area (Å²) in [5.74, 6) is 2.03. The van der Waals surface area contributed by atoms with E-state index in [1.807, 2.05) is 6.07 Å². The van der Waals surface area contributed by atoms with Crippen LogP contribution >= 0.6 is 24.0 Å². The molecule has 0 aromatic carbocycles. The number of furan rings is 1. The number of halogens is 1. The van der Waals surface area contributed by atoms with Crippen LogP contribution in [0.3, 0.4) is 0 Å². The van der Waals surface area contributed by atoms with Crippen LogP contribution in [0, 0.1) is 0 Å². The minimum atomic E-state index is 0. The van der Waals surface area contributed by atoms with Crippen molar-refractivity contribution in [3.05, 3.63) is 24.2 Å². The van der Waals surface area contributed by atoms with E-state index < -0.39 is 0 Å². The van der Waals surface area contributed by atoms with Gasteiger partial charge in [-0.05, 0) is 38.6 Å². The third kappa shape index (κ3) is 6.57. The number of rotatable bonds is 8. The first-order valence-electron chi connectivity index (χ1n) is 10.9. The van der Waals surface area contributed by atoms with Crippen LogP contribution in [0.25, 0.3) is 0 Å². The number of hydrogen-bond donors (Lipinski definition) is 1. The fraction of sp³-hybridized carbons (Fsp3) is 0.762. The van der Waals surface area contributed by atoms with E-state index in [1.54, 1.807) is 6.26 Å². The number of hydrogen-bond acceptors (Lipinski definition) is 5. The largest absolute Gasteiger partial charge is 0.468 e. The van der Waals surface area contributed by atoms with E-state index in [0.717, 1.165) is 70.7 Å². The smallest absolute Gasteiger partial charge is 0.194 e. The standard InChI is InChI=1S/C21H37N5O2.HI/c1-4-22-21(26-10-9-18(17-26)25-11-14-27-15-12-25)23-16-19(24(5-2)6-3)20-8-7-13-28-20;/h7-8,13,18-19H,4-6,9-12,14-17H2,1-3H3,(H,22,23);1H. The Morgan fingerprint density at radius 3 is 2.62 bits per heavy atom. The van der Waals surface area contributed by atoms with Crippen molar-refractivity contribution in [3.8, 4) is 0 Å². The molecule has 0 bridgehead atoms. The summed E-state index contributed by atoms with van der Waals surface area (Å²) in [5, 5.41) is 3.51. The Morgan fingerprint density at radius 1 is 1.24 bits per heavy atom. The molecule has 8 heteroatoms. The topological polar surface area (TPSA) is 56.5 Å². The molecule has 0 spiro atoms. The SMILES string of the molecule is CCNC(=NCC(c1ccco1)N(CC)CC)N1CCC(N2CCOCC2)C1.I. The Labute approximate surface area is 192 Å². The van der Waals surface area contributed by atoms with Crippen LogP contribution in [0.5, 0.6) is 0 Å². The van der Waals surface area contributed by atoms with Gasteiger partial charge in [0, 0.05) is 38.8 Å². The molecule has 2 atom stereocenters. The van der Waals surface area contributed by atoms with Gasteiger partial charge in [-0.15, -0.1) is 24.0 Å². The highest BCUT2D eigenvalue weighted by molar-refractivity contribution is 14.0. The zero-order valence-corrected chi connectivity index (χ0v) is 20.5. The monoisotopic (exact) mass is 519 g/mol. The molecular weight excluding hydrogens is 481 g/mol. The van der Waals surface area contributed by atoms with Gasteiger partial charge >= 0.3 is 0 Å². The molecule has 7 nitrogen and oxygen atoms in total. The first-order chi connectivity index (χ1) is 13.8. The summed E-state index contributed by atoms with van der Waals surface area (Å²) in [5.41, 5.74) is 0. The second-order valence-corrected chi connectivity index (χ2v) is 7.48. The quantitative estimate of drug-likeness (QED) is 0.324. The van der Waals surface area contributed by atoms with Gasteiger partial charge in [0.05, 0.1) is 32.1 Å². The number of aliphatic imine (C=N–C) groups is 1. The lowest BCUT2D eigenvalue weighted by atomic mass is 10.2. The predicted octanol–water partition coefficient (Wildman–Crippen LogP) is 2.65. The molecule has 2 fully saturated rings. The van der Waals surface area contributed by atoms with Crippen molar-refractivity contribution in [2.75, 3.05) is 65.6 Å². The molecular formula is C21H38IN5O2. The van der Waals surface area contributed by atoms with Crippen LogP contribution in [0.15, 0.2) is 27.8 Å². The molecule has 0 aliphatic carbocycles. The zero-order chi connectivity index (χ0) is 19.8. The van der Waals surface area contributed by atoms with Gasteiger partial charge in [0.15, 0.2) is 5.96 Å². The van der Waals surface area contributed by atoms with Crippen molar-refractivity contribution >= 4 is 29.9 Å². The van der Waals surface area contributed by atoms with Crippen molar-refractivity contribution in [1.29, 1.82) is 0 Å². The fourth-order valence-corrected chi connectivity index (χ4v) is 4.30. The molecule has 2 aliphatic rings. The molecule has 1 N–H and O–H groups in total. The molecule has 0 amide bonds. The third-order valence-electron chi connectivity index (χ3n) is 5.90. The van der Waals surface area contributed by atoms with Crippen LogP contribution in [-0.2, 0) is 4.74 Å². The summed E-state index contributed by atoms with van der Waals surface area (Å²) in [6.07, 6.45) is 2.95. The van der Waals surface area contributed by atoms with Crippen molar-refractivity contribution < 1.29 is 9.15 Å². The molecule has 2 saturated heterocycles. The van der Waals surface area contributed by atoms with Crippen LogP contribution in [0.2, 0.25) is 0 Å². The number of likely N-dealkylation sites (N-methyl/N-ethyl adjacent to an activating group) is 1. The number of likely N-dealkylation sites (tertiary alicyclic amines) is 1. The van der Waals surface area contributed by atoms with E-state index in [4.69, 9.17) is 14.1 Å². The summed E-state index contributed by atoms with van der Waals surface area (Å²) in [6.45, 7) is 16.0. The first kappa shape index (κ1) is 24.4. The van der Waals surface area contributed by atoms with E-state index >= 15 is 0 Å². The molecule has 0 radical (unpaired) electrons. The van der Waals surface area contributed by atoms with Gasteiger partial charge in [-0.1, -0.05) is 13.8 Å². The van der Waals surface area contributed by atoms with Crippen LogP contribution in [0.1, 0.15) is 39.0 Å². The Balaban J connectivity index is 0.00000300. The van der Waals surface area contributed by atoms with E-state index in [9.17, 15) is 0 Å². The van der Waals surface area contributed by atoms with Gasteiger partial charge in [0.25, 0.3) is 0 Å². The average molecular weight is 519 g/mol. The number of guanidine groups is 1. The number of morpholine rings is 1. The number of ether oxygens (including phenoxy) is 1. The van der Waals surface area contributed by atoms with Gasteiger partial charge in [-0.25, -0.2) is 0 Å². The summed E-state index contributed by atoms with van der Waals surface area (Å²) < 4.78 is 11.2. The molecule has 1 aromatic heterocycles. The van der Waals surface area contributed by atoms with Crippen LogP contribution in [0.4, 0.5) is 0 Å². The van der Waals surface area contributed by atoms with E-state index in [2.05, 4.69) is 46.9 Å². The highest BCUT2D eigenvalue weighted by Crippen LogP contribution is 2.22. The minimum absolute atomic E-state index is 0. The van der Waals surface area contributed by atoms with Crippen molar-refractivity contribution in [2.24, 2.45) is 4.99 Å². The summed E-state index contributed by atoms with van der Waals surface area (Å²) in [4.78, 5) is 12.4. The summed E-state index contributed by atoms with van der Waals surface area (Å²) in [6, 6.07) is 4.82. The highest BCUT2D eigenvalue weighted by atomic mass is 127. The van der Waals surface area contributed by atoms with Gasteiger partial charge in [-0.3, -0.25) is 14.8 Å². The lowest BCUT2D eigenvalue weighted by Gasteiger charge is -2.32. The second kappa shape index (κ2) is 12.8. The lowest BCUT2D eigenvalue weighted by Crippen LogP contribution is -2.47. The van der Waals surface area contributed by atoms with Gasteiger partial charge in [0.1, 0.15) is 5.76 Å². The van der Waals surface area contributed by atoms with Crippen molar-refractivity contribution in [1.82, 2.24) is 20.0 Å². The molecule has 1 aromatic rings. The van der Waals surface area contributed by atoms with Crippen LogP contribution < -0.4 is 5.32 Å². The Morgan fingerprint density at radius 2 is 2.00 bits per heavy atom. The highest BCUT2D eigenvalue weighted by Gasteiger charge is 2.30. The van der Waals surface area contributed by atoms with Crippen molar-refractivity contribution in [3.63, 3.8) is 0 Å². The maximum absolute atomic E-state index is 5.73. The minimum Gasteiger partial charge on any atom is -0.468 e. The summed E-state index contributed by atoms with van der Waals surface area (Å²) in [7, 11) is 0. The molecule has 0 saturated carbocycles. The second-order valence-electron chi connectivity index (χ2n) is 7.48. The van der Waals surface area contributed by atoms with Crippen LogP contribution in [-0.4, -0.2) is 92.3 Å².